The Labute approximate surface area is 184 Å². The van der Waals surface area contributed by atoms with Gasteiger partial charge in [-0.25, -0.2) is 9.78 Å². The first kappa shape index (κ1) is 22.5. The van der Waals surface area contributed by atoms with E-state index in [0.29, 0.717) is 34.9 Å². The summed E-state index contributed by atoms with van der Waals surface area (Å²) in [6, 6.07) is 12.3. The van der Waals surface area contributed by atoms with Gasteiger partial charge in [0.2, 0.25) is 5.91 Å². The average Bonchev–Trinajstić information content (AvgIpc) is 2.72. The number of thioether (sulfide) groups is 1. The quantitative estimate of drug-likeness (QED) is 0.333. The zero-order valence-corrected chi connectivity index (χ0v) is 18.4. The van der Waals surface area contributed by atoms with Crippen molar-refractivity contribution in [1.82, 2.24) is 20.2 Å². The van der Waals surface area contributed by atoms with Crippen molar-refractivity contribution in [1.29, 1.82) is 0 Å². The second kappa shape index (κ2) is 10.2. The number of imide groups is 1. The van der Waals surface area contributed by atoms with E-state index in [-0.39, 0.29) is 11.3 Å². The van der Waals surface area contributed by atoms with Gasteiger partial charge in [-0.15, -0.1) is 0 Å². The summed E-state index contributed by atoms with van der Waals surface area (Å²) in [5.41, 5.74) is 3.04. The second-order valence-electron chi connectivity index (χ2n) is 6.98. The van der Waals surface area contributed by atoms with Gasteiger partial charge < -0.3 is 10.1 Å². The number of aryl methyl sites for hydroxylation is 2. The minimum Gasteiger partial charge on any atom is -0.383 e. The molecular formula is C22H24N4O4S. The van der Waals surface area contributed by atoms with Crippen LogP contribution < -0.4 is 16.2 Å². The molecule has 0 saturated heterocycles. The second-order valence-corrected chi connectivity index (χ2v) is 7.93. The molecule has 0 aliphatic rings. The molecule has 0 bridgehead atoms. The lowest BCUT2D eigenvalue weighted by molar-refractivity contribution is -0.117. The van der Waals surface area contributed by atoms with Crippen LogP contribution in [0.4, 0.5) is 4.79 Å². The van der Waals surface area contributed by atoms with Crippen molar-refractivity contribution in [3.63, 3.8) is 0 Å². The van der Waals surface area contributed by atoms with Crippen LogP contribution in [0.2, 0.25) is 0 Å². The van der Waals surface area contributed by atoms with Gasteiger partial charge in [0.25, 0.3) is 5.56 Å². The van der Waals surface area contributed by atoms with Gasteiger partial charge >= 0.3 is 6.03 Å². The van der Waals surface area contributed by atoms with Crippen LogP contribution in [0.15, 0.2) is 52.4 Å². The number of aromatic nitrogens is 2. The number of hydrogen-bond acceptors (Lipinski definition) is 6. The number of urea groups is 1. The number of nitrogens with zero attached hydrogens (tertiary/aromatic N) is 2. The number of carbonyl (C=O) groups is 2. The van der Waals surface area contributed by atoms with E-state index < -0.39 is 11.9 Å². The number of ether oxygens (including phenoxy) is 1. The molecule has 162 valence electrons. The molecule has 0 atom stereocenters. The monoisotopic (exact) mass is 440 g/mol. The highest BCUT2D eigenvalue weighted by atomic mass is 32.2. The van der Waals surface area contributed by atoms with Gasteiger partial charge in [0.05, 0.1) is 29.0 Å². The molecule has 3 amide bonds. The van der Waals surface area contributed by atoms with Crippen LogP contribution in [0.3, 0.4) is 0 Å². The van der Waals surface area contributed by atoms with Gasteiger partial charge in [0, 0.05) is 13.7 Å². The van der Waals surface area contributed by atoms with Gasteiger partial charge in [0.15, 0.2) is 5.16 Å². The molecule has 2 N–H and O–H groups in total. The van der Waals surface area contributed by atoms with Gasteiger partial charge in [-0.1, -0.05) is 30.0 Å². The van der Waals surface area contributed by atoms with Crippen molar-refractivity contribution in [3.05, 3.63) is 63.9 Å². The Balaban J connectivity index is 1.89. The number of amides is 3. The number of nitrogens with one attached hydrogen (secondary N) is 2. The molecule has 0 aliphatic carbocycles. The fourth-order valence-corrected chi connectivity index (χ4v) is 3.93. The van der Waals surface area contributed by atoms with Crippen molar-refractivity contribution in [2.24, 2.45) is 0 Å². The fourth-order valence-electron chi connectivity index (χ4n) is 3.12. The summed E-state index contributed by atoms with van der Waals surface area (Å²) >= 11 is 1.10. The first-order valence-electron chi connectivity index (χ1n) is 9.69. The van der Waals surface area contributed by atoms with E-state index in [1.807, 2.05) is 32.0 Å². The Morgan fingerprint density at radius 1 is 1.13 bits per heavy atom. The molecule has 31 heavy (non-hydrogen) atoms. The van der Waals surface area contributed by atoms with Gasteiger partial charge in [0.1, 0.15) is 0 Å². The van der Waals surface area contributed by atoms with Crippen molar-refractivity contribution in [3.8, 4) is 5.69 Å². The molecule has 3 rings (SSSR count). The van der Waals surface area contributed by atoms with Crippen molar-refractivity contribution < 1.29 is 14.3 Å². The third-order valence-electron chi connectivity index (χ3n) is 4.39. The van der Waals surface area contributed by atoms with E-state index >= 15 is 0 Å². The molecule has 0 saturated carbocycles. The average molecular weight is 441 g/mol. The van der Waals surface area contributed by atoms with Crippen LogP contribution in [0, 0.1) is 13.8 Å². The van der Waals surface area contributed by atoms with Crippen LogP contribution in [0.5, 0.6) is 0 Å². The predicted octanol–water partition coefficient (Wildman–Crippen LogP) is 2.57. The molecule has 0 fully saturated rings. The van der Waals surface area contributed by atoms with Gasteiger partial charge in [-0.2, -0.15) is 0 Å². The summed E-state index contributed by atoms with van der Waals surface area (Å²) in [6.45, 7) is 4.55. The zero-order valence-electron chi connectivity index (χ0n) is 17.6. The van der Waals surface area contributed by atoms with Crippen LogP contribution in [-0.2, 0) is 9.53 Å². The number of hydrogen-bond donors (Lipinski definition) is 2. The Hall–Kier alpha value is -3.17. The highest BCUT2D eigenvalue weighted by Crippen LogP contribution is 2.22. The molecule has 2 aromatic carbocycles. The molecule has 0 unspecified atom stereocenters. The van der Waals surface area contributed by atoms with Crippen LogP contribution >= 0.6 is 11.8 Å². The SMILES string of the molecule is COCCNC(=O)NC(=O)CSc1nc2ccccc2c(=O)n1-c1cc(C)cc(C)c1. The van der Waals surface area contributed by atoms with E-state index in [2.05, 4.69) is 15.6 Å². The van der Waals surface area contributed by atoms with Crippen LogP contribution in [0.1, 0.15) is 11.1 Å². The number of fused-ring (bicyclic) bond motifs is 1. The summed E-state index contributed by atoms with van der Waals surface area (Å²) in [5.74, 6) is -0.568. The molecule has 0 aliphatic heterocycles. The lowest BCUT2D eigenvalue weighted by atomic mass is 10.1. The highest BCUT2D eigenvalue weighted by Gasteiger charge is 2.16. The Morgan fingerprint density at radius 2 is 1.84 bits per heavy atom. The minimum absolute atomic E-state index is 0.0761. The standard InChI is InChI=1S/C22H24N4O4S/c1-14-10-15(2)12-16(11-14)26-20(28)17-6-4-5-7-18(17)24-22(26)31-13-19(27)25-21(29)23-8-9-30-3/h4-7,10-12H,8-9,13H2,1-3H3,(H2,23,25,27,29). The number of carbonyl (C=O) groups excluding carboxylic acids is 2. The number of benzene rings is 2. The van der Waals surface area contributed by atoms with Crippen LogP contribution in [0.25, 0.3) is 16.6 Å². The molecule has 1 aromatic heterocycles. The summed E-state index contributed by atoms with van der Waals surface area (Å²) in [4.78, 5) is 41.9. The van der Waals surface area contributed by atoms with Crippen molar-refractivity contribution in [2.75, 3.05) is 26.0 Å². The minimum atomic E-state index is -0.596. The molecular weight excluding hydrogens is 416 g/mol. The lowest BCUT2D eigenvalue weighted by Gasteiger charge is -2.14. The summed E-state index contributed by atoms with van der Waals surface area (Å²) in [6.07, 6.45) is 0. The van der Waals surface area contributed by atoms with E-state index in [0.717, 1.165) is 22.9 Å². The summed E-state index contributed by atoms with van der Waals surface area (Å²) < 4.78 is 6.36. The molecule has 0 spiro atoms. The first-order valence-corrected chi connectivity index (χ1v) is 10.7. The van der Waals surface area contributed by atoms with Crippen molar-refractivity contribution in [2.45, 2.75) is 19.0 Å². The van der Waals surface area contributed by atoms with E-state index in [4.69, 9.17) is 4.74 Å². The molecule has 9 heteroatoms. The van der Waals surface area contributed by atoms with Gasteiger partial charge in [-0.3, -0.25) is 19.5 Å². The molecule has 1 heterocycles. The predicted molar refractivity (Wildman–Crippen MR) is 121 cm³/mol. The van der Waals surface area contributed by atoms with Crippen LogP contribution in [-0.4, -0.2) is 47.5 Å². The Kier molecular flexibility index (Phi) is 7.43. The topological polar surface area (TPSA) is 102 Å². The molecule has 3 aromatic rings. The number of para-hydroxylation sites is 1. The Morgan fingerprint density at radius 3 is 2.55 bits per heavy atom. The number of rotatable bonds is 7. The van der Waals surface area contributed by atoms with E-state index in [1.165, 1.54) is 11.7 Å². The van der Waals surface area contributed by atoms with Gasteiger partial charge in [-0.05, 0) is 49.2 Å². The fraction of sp³-hybridized carbons (Fsp3) is 0.273. The summed E-state index contributed by atoms with van der Waals surface area (Å²) in [7, 11) is 1.52. The first-order chi connectivity index (χ1) is 14.9. The highest BCUT2D eigenvalue weighted by molar-refractivity contribution is 7.99. The van der Waals surface area contributed by atoms with E-state index in [1.54, 1.807) is 24.3 Å². The largest absolute Gasteiger partial charge is 0.383 e. The Bertz CT molecular complexity index is 1160. The third-order valence-corrected chi connectivity index (χ3v) is 5.33. The zero-order chi connectivity index (χ0) is 22.4. The normalized spacial score (nSPS) is 10.8. The molecule has 8 nitrogen and oxygen atoms in total. The summed E-state index contributed by atoms with van der Waals surface area (Å²) in [5, 5.41) is 5.65. The maximum atomic E-state index is 13.3. The van der Waals surface area contributed by atoms with Crippen molar-refractivity contribution >= 4 is 34.6 Å². The maximum absolute atomic E-state index is 13.3. The smallest absolute Gasteiger partial charge is 0.321 e. The lowest BCUT2D eigenvalue weighted by Crippen LogP contribution is -2.41. The molecule has 0 radical (unpaired) electrons. The van der Waals surface area contributed by atoms with E-state index in [9.17, 15) is 14.4 Å². The number of methoxy groups -OCH3 is 1. The maximum Gasteiger partial charge on any atom is 0.321 e. The third kappa shape index (κ3) is 5.71.